The van der Waals surface area contributed by atoms with Crippen LogP contribution in [0.1, 0.15) is 5.69 Å². The van der Waals surface area contributed by atoms with E-state index in [-0.39, 0.29) is 0 Å². The van der Waals surface area contributed by atoms with Gasteiger partial charge >= 0.3 is 0 Å². The highest BCUT2D eigenvalue weighted by Gasteiger charge is 2.00. The standard InChI is InChI=1S/C7H12N4/c1-10(2)9-5-7-4-8-6-11(7)3/h4-6H,1-3H3/p+2/b9-5+. The zero-order valence-electron chi connectivity index (χ0n) is 7.13. The quantitative estimate of drug-likeness (QED) is 0.290. The van der Waals surface area contributed by atoms with E-state index in [1.165, 1.54) is 0 Å². The Morgan fingerprint density at radius 2 is 2.36 bits per heavy atom. The molecule has 0 unspecified atom stereocenters. The first kappa shape index (κ1) is 7.94. The second kappa shape index (κ2) is 3.30. The monoisotopic (exact) mass is 154 g/mol. The lowest BCUT2D eigenvalue weighted by molar-refractivity contribution is -0.865. The molecule has 0 aliphatic rings. The molecular formula is C7H14N4+2. The lowest BCUT2D eigenvalue weighted by Crippen LogP contribution is -3.00. The average molecular weight is 154 g/mol. The fourth-order valence-electron chi connectivity index (χ4n) is 0.734. The predicted octanol–water partition coefficient (Wildman–Crippen LogP) is -1.68. The smallest absolute Gasteiger partial charge is 0.241 e. The minimum atomic E-state index is 1.06. The van der Waals surface area contributed by atoms with E-state index in [1.807, 2.05) is 44.4 Å². The van der Waals surface area contributed by atoms with Crippen molar-refractivity contribution >= 4 is 6.21 Å². The van der Waals surface area contributed by atoms with Crippen molar-refractivity contribution in [2.75, 3.05) is 14.1 Å². The van der Waals surface area contributed by atoms with Crippen LogP contribution in [-0.2, 0) is 7.05 Å². The highest BCUT2D eigenvalue weighted by molar-refractivity contribution is 5.73. The van der Waals surface area contributed by atoms with Gasteiger partial charge in [0, 0.05) is 0 Å². The van der Waals surface area contributed by atoms with Gasteiger partial charge in [-0.1, -0.05) is 5.10 Å². The first-order chi connectivity index (χ1) is 5.20. The van der Waals surface area contributed by atoms with Crippen molar-refractivity contribution < 1.29 is 9.58 Å². The molecule has 0 saturated heterocycles. The van der Waals surface area contributed by atoms with Crippen LogP contribution in [0.5, 0.6) is 0 Å². The number of hydrogen-bond acceptors (Lipinski definition) is 1. The van der Waals surface area contributed by atoms with Crippen LogP contribution in [0.15, 0.2) is 17.6 Å². The van der Waals surface area contributed by atoms with Crippen molar-refractivity contribution in [3.63, 3.8) is 0 Å². The van der Waals surface area contributed by atoms with Gasteiger partial charge in [0.15, 0.2) is 5.69 Å². The second-order valence-electron chi connectivity index (χ2n) is 2.68. The first-order valence-corrected chi connectivity index (χ1v) is 3.57. The molecule has 0 saturated carbocycles. The molecule has 0 amide bonds. The largest absolute Gasteiger partial charge is 0.250 e. The molecule has 1 heterocycles. The van der Waals surface area contributed by atoms with Crippen LogP contribution < -0.4 is 9.58 Å². The van der Waals surface area contributed by atoms with E-state index in [0.717, 1.165) is 10.7 Å². The van der Waals surface area contributed by atoms with Crippen molar-refractivity contribution in [2.24, 2.45) is 12.1 Å². The van der Waals surface area contributed by atoms with Crippen molar-refractivity contribution in [1.29, 1.82) is 0 Å². The molecular weight excluding hydrogens is 140 g/mol. The fourth-order valence-corrected chi connectivity index (χ4v) is 0.734. The van der Waals surface area contributed by atoms with Gasteiger partial charge in [-0.15, -0.1) is 0 Å². The minimum Gasteiger partial charge on any atom is -0.250 e. The Morgan fingerprint density at radius 3 is 2.82 bits per heavy atom. The van der Waals surface area contributed by atoms with Gasteiger partial charge in [0.1, 0.15) is 12.4 Å². The number of aromatic amines is 1. The molecule has 0 aliphatic heterocycles. The molecule has 0 spiro atoms. The van der Waals surface area contributed by atoms with E-state index >= 15 is 0 Å². The third kappa shape index (κ3) is 2.16. The third-order valence-corrected chi connectivity index (χ3v) is 1.36. The summed E-state index contributed by atoms with van der Waals surface area (Å²) >= 11 is 0. The molecule has 0 radical (unpaired) electrons. The number of imidazole rings is 1. The maximum Gasteiger partial charge on any atom is 0.241 e. The lowest BCUT2D eigenvalue weighted by atomic mass is 10.5. The van der Waals surface area contributed by atoms with Gasteiger partial charge < -0.3 is 0 Å². The second-order valence-corrected chi connectivity index (χ2v) is 2.68. The maximum atomic E-state index is 4.18. The molecule has 60 valence electrons. The van der Waals surface area contributed by atoms with E-state index in [1.54, 1.807) is 0 Å². The van der Waals surface area contributed by atoms with Crippen LogP contribution in [0.25, 0.3) is 0 Å². The summed E-state index contributed by atoms with van der Waals surface area (Å²) < 4.78 is 1.98. The topological polar surface area (TPSA) is 36.5 Å². The Morgan fingerprint density at radius 1 is 1.64 bits per heavy atom. The summed E-state index contributed by atoms with van der Waals surface area (Å²) in [6, 6.07) is 0. The lowest BCUT2D eigenvalue weighted by Gasteiger charge is -1.93. The van der Waals surface area contributed by atoms with Gasteiger partial charge in [-0.3, -0.25) is 0 Å². The third-order valence-electron chi connectivity index (χ3n) is 1.36. The average Bonchev–Trinajstić information content (AvgIpc) is 2.31. The van der Waals surface area contributed by atoms with E-state index < -0.39 is 0 Å². The van der Waals surface area contributed by atoms with Crippen LogP contribution in [0, 0.1) is 0 Å². The molecule has 0 aromatic carbocycles. The summed E-state index contributed by atoms with van der Waals surface area (Å²) in [7, 11) is 5.93. The van der Waals surface area contributed by atoms with Crippen LogP contribution in [0.2, 0.25) is 0 Å². The zero-order chi connectivity index (χ0) is 8.27. The summed E-state index contributed by atoms with van der Waals surface area (Å²) in [5, 5.41) is 5.24. The number of hydrogen-bond donors (Lipinski definition) is 2. The molecule has 1 rings (SSSR count). The highest BCUT2D eigenvalue weighted by atomic mass is 15.4. The van der Waals surface area contributed by atoms with Gasteiger partial charge in [-0.2, -0.15) is 0 Å². The van der Waals surface area contributed by atoms with Crippen LogP contribution in [-0.4, -0.2) is 25.3 Å². The fraction of sp³-hybridized carbons (Fsp3) is 0.429. The molecule has 2 N–H and O–H groups in total. The number of aromatic nitrogens is 2. The van der Waals surface area contributed by atoms with Crippen LogP contribution in [0.4, 0.5) is 0 Å². The number of rotatable bonds is 2. The Kier molecular flexibility index (Phi) is 2.38. The van der Waals surface area contributed by atoms with Gasteiger partial charge in [-0.25, -0.2) is 14.6 Å². The summed E-state index contributed by atoms with van der Waals surface area (Å²) in [5.41, 5.74) is 1.08. The summed E-state index contributed by atoms with van der Waals surface area (Å²) in [4.78, 5) is 2.98. The van der Waals surface area contributed by atoms with E-state index in [0.29, 0.717) is 0 Å². The zero-order valence-corrected chi connectivity index (χ0v) is 7.13. The summed E-state index contributed by atoms with van der Waals surface area (Å²) in [6.07, 6.45) is 5.63. The van der Waals surface area contributed by atoms with Gasteiger partial charge in [0.25, 0.3) is 0 Å². The Labute approximate surface area is 66.2 Å². The maximum absolute atomic E-state index is 4.18. The molecule has 4 nitrogen and oxygen atoms in total. The molecule has 0 bridgehead atoms. The Hall–Kier alpha value is -1.16. The molecule has 0 fully saturated rings. The summed E-state index contributed by atoms with van der Waals surface area (Å²) in [5.74, 6) is 0. The van der Waals surface area contributed by atoms with Gasteiger partial charge in [0.05, 0.1) is 21.1 Å². The molecule has 11 heavy (non-hydrogen) atoms. The van der Waals surface area contributed by atoms with Gasteiger partial charge in [-0.05, 0) is 0 Å². The molecule has 1 aromatic heterocycles. The normalized spacial score (nSPS) is 11.6. The van der Waals surface area contributed by atoms with Gasteiger partial charge in [0.2, 0.25) is 6.33 Å². The van der Waals surface area contributed by atoms with Crippen molar-refractivity contribution in [2.45, 2.75) is 0 Å². The van der Waals surface area contributed by atoms with E-state index in [2.05, 4.69) is 10.1 Å². The number of nitrogens with zero attached hydrogens (tertiary/aromatic N) is 2. The molecule has 0 atom stereocenters. The van der Waals surface area contributed by atoms with Crippen LogP contribution >= 0.6 is 0 Å². The SMILES string of the molecule is C[n+]1c[nH]cc1/C=N/[NH+](C)C. The highest BCUT2D eigenvalue weighted by Crippen LogP contribution is 1.78. The van der Waals surface area contributed by atoms with Crippen LogP contribution in [0.3, 0.4) is 0 Å². The number of quaternary nitrogens is 1. The summed E-state index contributed by atoms with van der Waals surface area (Å²) in [6.45, 7) is 0. The Balaban J connectivity index is 2.71. The number of H-pyrrole nitrogens is 1. The van der Waals surface area contributed by atoms with E-state index in [9.17, 15) is 0 Å². The first-order valence-electron chi connectivity index (χ1n) is 3.57. The molecule has 4 heteroatoms. The molecule has 1 aromatic rings. The van der Waals surface area contributed by atoms with Crippen molar-refractivity contribution in [3.05, 3.63) is 18.2 Å². The number of nitrogens with one attached hydrogen (secondary N) is 2. The van der Waals surface area contributed by atoms with E-state index in [4.69, 9.17) is 0 Å². The predicted molar refractivity (Wildman–Crippen MR) is 42.4 cm³/mol. The van der Waals surface area contributed by atoms with Crippen molar-refractivity contribution in [1.82, 2.24) is 4.98 Å². The van der Waals surface area contributed by atoms with Crippen molar-refractivity contribution in [3.8, 4) is 0 Å². The number of aryl methyl sites for hydroxylation is 1. The Bertz CT molecular complexity index is 249. The minimum absolute atomic E-state index is 1.06. The molecule has 0 aliphatic carbocycles.